The van der Waals surface area contributed by atoms with Crippen molar-refractivity contribution in [3.63, 3.8) is 0 Å². The third kappa shape index (κ3) is 1.91. The van der Waals surface area contributed by atoms with Gasteiger partial charge in [-0.25, -0.2) is 0 Å². The number of amidine groups is 1. The molecule has 0 aliphatic carbocycles. The number of carbonyl (C=O) groups is 1. The lowest BCUT2D eigenvalue weighted by atomic mass is 10.2. The van der Waals surface area contributed by atoms with Gasteiger partial charge in [0.15, 0.2) is 0 Å². The second kappa shape index (κ2) is 4.26. The van der Waals surface area contributed by atoms with E-state index in [0.29, 0.717) is 6.42 Å². The minimum Gasteiger partial charge on any atom is -0.297 e. The highest BCUT2D eigenvalue weighted by Gasteiger charge is 2.24. The van der Waals surface area contributed by atoms with Gasteiger partial charge in [-0.2, -0.15) is 0 Å². The van der Waals surface area contributed by atoms with Crippen LogP contribution in [0.3, 0.4) is 0 Å². The lowest BCUT2D eigenvalue weighted by molar-refractivity contribution is -0.124. The molecule has 3 heteroatoms. The summed E-state index contributed by atoms with van der Waals surface area (Å²) in [5, 5.41) is 0. The number of amides is 1. The maximum atomic E-state index is 11.6. The van der Waals surface area contributed by atoms with Crippen LogP contribution in [0.25, 0.3) is 0 Å². The van der Waals surface area contributed by atoms with E-state index in [1.807, 2.05) is 30.3 Å². The van der Waals surface area contributed by atoms with E-state index >= 15 is 0 Å². The summed E-state index contributed by atoms with van der Waals surface area (Å²) >= 11 is 0. The molecule has 1 heterocycles. The minimum atomic E-state index is 0.180. The minimum absolute atomic E-state index is 0.180. The Balaban J connectivity index is 2.29. The number of hydrogen-bond donors (Lipinski definition) is 0. The highest BCUT2D eigenvalue weighted by molar-refractivity contribution is 6.08. The fourth-order valence-corrected chi connectivity index (χ4v) is 1.86. The molecule has 0 N–H and O–H groups in total. The molecular formula is C12H14N2O. The van der Waals surface area contributed by atoms with Gasteiger partial charge in [-0.15, -0.1) is 0 Å². The van der Waals surface area contributed by atoms with Crippen molar-refractivity contribution in [3.8, 4) is 0 Å². The number of likely N-dealkylation sites (tertiary alicyclic amines) is 1. The molecule has 0 aromatic heterocycles. The van der Waals surface area contributed by atoms with Crippen LogP contribution < -0.4 is 0 Å². The van der Waals surface area contributed by atoms with E-state index in [9.17, 15) is 4.79 Å². The van der Waals surface area contributed by atoms with Crippen LogP contribution in [0.15, 0.2) is 35.3 Å². The second-order valence-electron chi connectivity index (χ2n) is 3.56. The maximum absolute atomic E-state index is 11.6. The second-order valence-corrected chi connectivity index (χ2v) is 3.56. The Morgan fingerprint density at radius 1 is 1.33 bits per heavy atom. The van der Waals surface area contributed by atoms with E-state index in [-0.39, 0.29) is 5.91 Å². The van der Waals surface area contributed by atoms with Gasteiger partial charge in [0, 0.05) is 25.6 Å². The van der Waals surface area contributed by atoms with Crippen molar-refractivity contribution in [2.75, 3.05) is 13.6 Å². The fraction of sp³-hybridized carbons (Fsp3) is 0.333. The van der Waals surface area contributed by atoms with Crippen molar-refractivity contribution in [2.45, 2.75) is 12.8 Å². The lowest BCUT2D eigenvalue weighted by Crippen LogP contribution is -2.32. The molecule has 0 atom stereocenters. The van der Waals surface area contributed by atoms with E-state index in [4.69, 9.17) is 0 Å². The molecule has 0 unspecified atom stereocenters. The summed E-state index contributed by atoms with van der Waals surface area (Å²) in [6.07, 6.45) is 1.58. The predicted octanol–water partition coefficient (Wildman–Crippen LogP) is 1.69. The zero-order valence-electron chi connectivity index (χ0n) is 8.81. The number of rotatable bonds is 1. The van der Waals surface area contributed by atoms with Crippen LogP contribution in [0.5, 0.6) is 0 Å². The normalized spacial score (nSPS) is 17.3. The number of carbonyl (C=O) groups excluding carboxylic acids is 1. The zero-order chi connectivity index (χ0) is 10.7. The molecule has 1 aromatic carbocycles. The topological polar surface area (TPSA) is 32.7 Å². The van der Waals surface area contributed by atoms with Gasteiger partial charge < -0.3 is 0 Å². The van der Waals surface area contributed by atoms with E-state index in [1.54, 1.807) is 11.9 Å². The molecule has 0 spiro atoms. The number of hydrogen-bond acceptors (Lipinski definition) is 2. The molecule has 1 aliphatic heterocycles. The van der Waals surface area contributed by atoms with Crippen molar-refractivity contribution in [2.24, 2.45) is 4.99 Å². The van der Waals surface area contributed by atoms with Crippen LogP contribution in [0, 0.1) is 0 Å². The molecule has 0 bridgehead atoms. The van der Waals surface area contributed by atoms with Gasteiger partial charge in [-0.1, -0.05) is 30.3 Å². The van der Waals surface area contributed by atoms with Gasteiger partial charge in [-0.3, -0.25) is 14.7 Å². The summed E-state index contributed by atoms with van der Waals surface area (Å²) in [5.74, 6) is 0.970. The van der Waals surface area contributed by atoms with Crippen molar-refractivity contribution in [3.05, 3.63) is 35.9 Å². The van der Waals surface area contributed by atoms with Crippen molar-refractivity contribution < 1.29 is 4.79 Å². The van der Waals surface area contributed by atoms with Gasteiger partial charge in [-0.05, 0) is 6.42 Å². The summed E-state index contributed by atoms with van der Waals surface area (Å²) < 4.78 is 0. The van der Waals surface area contributed by atoms with Crippen LogP contribution in [0.4, 0.5) is 0 Å². The highest BCUT2D eigenvalue weighted by atomic mass is 16.2. The smallest absolute Gasteiger partial charge is 0.228 e. The van der Waals surface area contributed by atoms with E-state index in [1.165, 1.54) is 0 Å². The predicted molar refractivity (Wildman–Crippen MR) is 59.9 cm³/mol. The summed E-state index contributed by atoms with van der Waals surface area (Å²) in [4.78, 5) is 17.6. The molecule has 1 amide bonds. The summed E-state index contributed by atoms with van der Waals surface area (Å²) in [6, 6.07) is 9.84. The van der Waals surface area contributed by atoms with Gasteiger partial charge in [0.2, 0.25) is 5.91 Å². The average Bonchev–Trinajstić information content (AvgIpc) is 2.68. The van der Waals surface area contributed by atoms with Crippen LogP contribution in [0.2, 0.25) is 0 Å². The standard InChI is InChI=1S/C12H14N2O/c1-13-12(10-6-3-2-4-7-10)14-9-5-8-11(14)15/h2-4,6-7H,5,8-9H2,1H3. The van der Waals surface area contributed by atoms with E-state index < -0.39 is 0 Å². The van der Waals surface area contributed by atoms with Crippen LogP contribution in [0.1, 0.15) is 18.4 Å². The maximum Gasteiger partial charge on any atom is 0.228 e. The number of benzene rings is 1. The molecule has 78 valence electrons. The van der Waals surface area contributed by atoms with Crippen LogP contribution in [-0.4, -0.2) is 30.2 Å². The first-order chi connectivity index (χ1) is 7.33. The van der Waals surface area contributed by atoms with Gasteiger partial charge in [0.25, 0.3) is 0 Å². The van der Waals surface area contributed by atoms with Crippen LogP contribution in [-0.2, 0) is 4.79 Å². The molecule has 1 fully saturated rings. The van der Waals surface area contributed by atoms with E-state index in [2.05, 4.69) is 4.99 Å². The Kier molecular flexibility index (Phi) is 2.81. The molecule has 1 saturated heterocycles. The van der Waals surface area contributed by atoms with Crippen molar-refractivity contribution in [1.82, 2.24) is 4.90 Å². The van der Waals surface area contributed by atoms with Gasteiger partial charge >= 0.3 is 0 Å². The Hall–Kier alpha value is -1.64. The van der Waals surface area contributed by atoms with Gasteiger partial charge in [0.05, 0.1) is 0 Å². The number of nitrogens with zero attached hydrogens (tertiary/aromatic N) is 2. The Morgan fingerprint density at radius 2 is 2.07 bits per heavy atom. The highest BCUT2D eigenvalue weighted by Crippen LogP contribution is 2.14. The van der Waals surface area contributed by atoms with Gasteiger partial charge in [0.1, 0.15) is 5.84 Å². The molecule has 3 nitrogen and oxygen atoms in total. The molecule has 0 saturated carbocycles. The third-order valence-corrected chi connectivity index (χ3v) is 2.57. The summed E-state index contributed by atoms with van der Waals surface area (Å²) in [6.45, 7) is 0.792. The first kappa shape index (κ1) is 9.90. The molecule has 1 aromatic rings. The molecule has 0 radical (unpaired) electrons. The van der Waals surface area contributed by atoms with Crippen molar-refractivity contribution >= 4 is 11.7 Å². The third-order valence-electron chi connectivity index (χ3n) is 2.57. The fourth-order valence-electron chi connectivity index (χ4n) is 1.86. The summed E-state index contributed by atoms with van der Waals surface area (Å²) in [7, 11) is 1.73. The van der Waals surface area contributed by atoms with E-state index in [0.717, 1.165) is 24.4 Å². The Morgan fingerprint density at radius 3 is 2.60 bits per heavy atom. The molecule has 2 rings (SSSR count). The first-order valence-electron chi connectivity index (χ1n) is 5.15. The zero-order valence-corrected chi connectivity index (χ0v) is 8.81. The Labute approximate surface area is 89.4 Å². The molecule has 15 heavy (non-hydrogen) atoms. The monoisotopic (exact) mass is 202 g/mol. The van der Waals surface area contributed by atoms with Crippen molar-refractivity contribution in [1.29, 1.82) is 0 Å². The lowest BCUT2D eigenvalue weighted by Gasteiger charge is -2.17. The average molecular weight is 202 g/mol. The summed E-state index contributed by atoms with van der Waals surface area (Å²) in [5.41, 5.74) is 1.01. The van der Waals surface area contributed by atoms with Crippen LogP contribution >= 0.6 is 0 Å². The molecule has 1 aliphatic rings. The number of aliphatic imine (C=N–C) groups is 1. The SMILES string of the molecule is CN=C(c1ccccc1)N1CCCC1=O. The largest absolute Gasteiger partial charge is 0.297 e. The Bertz CT molecular complexity index is 384. The quantitative estimate of drug-likeness (QED) is 0.504. The first-order valence-corrected chi connectivity index (χ1v) is 5.15. The molecular weight excluding hydrogens is 188 g/mol.